The fourth-order valence-electron chi connectivity index (χ4n) is 1.45. The van der Waals surface area contributed by atoms with Gasteiger partial charge in [-0.15, -0.1) is 0 Å². The number of rotatable bonds is 3. The highest BCUT2D eigenvalue weighted by Crippen LogP contribution is 2.18. The zero-order valence-electron chi connectivity index (χ0n) is 9.63. The van der Waals surface area contributed by atoms with Crippen molar-refractivity contribution in [2.24, 2.45) is 0 Å². The molecule has 0 fully saturated rings. The first kappa shape index (κ1) is 13.2. The van der Waals surface area contributed by atoms with Gasteiger partial charge >= 0.3 is 6.09 Å². The van der Waals surface area contributed by atoms with Gasteiger partial charge in [-0.05, 0) is 34.6 Å². The van der Waals surface area contributed by atoms with Gasteiger partial charge in [0.2, 0.25) is 0 Å². The molecule has 84 valence electrons. The maximum absolute atomic E-state index is 11.8. The Hall–Kier alpha value is -0.800. The molecule has 0 aromatic carbocycles. The van der Waals surface area contributed by atoms with Gasteiger partial charge in [0.15, 0.2) is 0 Å². The van der Waals surface area contributed by atoms with E-state index in [2.05, 4.69) is 0 Å². The van der Waals surface area contributed by atoms with Crippen molar-refractivity contribution < 1.29 is 13.9 Å². The first-order valence-corrected chi connectivity index (χ1v) is 4.82. The Morgan fingerprint density at radius 3 is 2.21 bits per heavy atom. The molecule has 0 heterocycles. The van der Waals surface area contributed by atoms with Crippen molar-refractivity contribution in [2.45, 2.75) is 46.2 Å². The average molecular weight is 205 g/mol. The first-order valence-electron chi connectivity index (χ1n) is 4.82. The van der Waals surface area contributed by atoms with Crippen LogP contribution in [0, 0.1) is 0 Å². The third kappa shape index (κ3) is 3.94. The van der Waals surface area contributed by atoms with Crippen LogP contribution in [-0.4, -0.2) is 35.9 Å². The van der Waals surface area contributed by atoms with Gasteiger partial charge in [-0.3, -0.25) is 0 Å². The van der Waals surface area contributed by atoms with Crippen molar-refractivity contribution in [2.75, 3.05) is 13.3 Å². The smallest absolute Gasteiger partial charge is 0.410 e. The van der Waals surface area contributed by atoms with E-state index in [4.69, 9.17) is 4.74 Å². The fourth-order valence-corrected chi connectivity index (χ4v) is 1.45. The number of hydrogen-bond acceptors (Lipinski definition) is 2. The minimum Gasteiger partial charge on any atom is -0.447 e. The normalized spacial score (nSPS) is 11.6. The molecule has 0 unspecified atom stereocenters. The molecule has 0 rings (SSSR count). The van der Waals surface area contributed by atoms with Crippen molar-refractivity contribution in [3.05, 3.63) is 0 Å². The molecule has 0 aromatic heterocycles. The number of alkyl halides is 1. The molecule has 0 aromatic rings. The molecule has 0 saturated carbocycles. The van der Waals surface area contributed by atoms with E-state index in [9.17, 15) is 9.18 Å². The Bertz CT molecular complexity index is 187. The zero-order valence-corrected chi connectivity index (χ0v) is 9.63. The van der Waals surface area contributed by atoms with Crippen molar-refractivity contribution in [1.82, 2.24) is 4.90 Å². The lowest BCUT2D eigenvalue weighted by Gasteiger charge is -2.37. The Labute approximate surface area is 85.2 Å². The quantitative estimate of drug-likeness (QED) is 0.708. The highest BCUT2D eigenvalue weighted by atomic mass is 19.1. The number of amides is 1. The van der Waals surface area contributed by atoms with Gasteiger partial charge < -0.3 is 9.64 Å². The van der Waals surface area contributed by atoms with Crippen LogP contribution in [0.25, 0.3) is 0 Å². The lowest BCUT2D eigenvalue weighted by molar-refractivity contribution is 0.0488. The number of carbonyl (C=O) groups excluding carboxylic acids is 1. The van der Waals surface area contributed by atoms with E-state index < -0.39 is 12.8 Å². The van der Waals surface area contributed by atoms with Crippen LogP contribution in [0.4, 0.5) is 9.18 Å². The van der Waals surface area contributed by atoms with Crippen molar-refractivity contribution in [3.8, 4) is 0 Å². The van der Waals surface area contributed by atoms with Crippen LogP contribution < -0.4 is 0 Å². The lowest BCUT2D eigenvalue weighted by Crippen LogP contribution is -2.50. The van der Waals surface area contributed by atoms with E-state index in [0.29, 0.717) is 0 Å². The minimum absolute atomic E-state index is 0.0436. The van der Waals surface area contributed by atoms with E-state index in [1.807, 2.05) is 34.6 Å². The maximum atomic E-state index is 11.8. The van der Waals surface area contributed by atoms with Gasteiger partial charge in [-0.1, -0.05) is 0 Å². The van der Waals surface area contributed by atoms with E-state index in [1.54, 1.807) is 4.90 Å². The van der Waals surface area contributed by atoms with E-state index in [-0.39, 0.29) is 18.2 Å². The summed E-state index contributed by atoms with van der Waals surface area (Å²) in [5.41, 5.74) is -0.304. The molecule has 1 amide bonds. The Balaban J connectivity index is 4.43. The molecule has 0 saturated heterocycles. The number of hydrogen-bond donors (Lipinski definition) is 0. The van der Waals surface area contributed by atoms with Crippen LogP contribution >= 0.6 is 0 Å². The Morgan fingerprint density at radius 1 is 1.43 bits per heavy atom. The summed E-state index contributed by atoms with van der Waals surface area (Å²) >= 11 is 0. The third-order valence-electron chi connectivity index (χ3n) is 1.74. The summed E-state index contributed by atoms with van der Waals surface area (Å²) in [6.07, 6.45) is -0.454. The zero-order chi connectivity index (χ0) is 11.4. The molecule has 4 heteroatoms. The van der Waals surface area contributed by atoms with Crippen LogP contribution in [-0.2, 0) is 4.74 Å². The summed E-state index contributed by atoms with van der Waals surface area (Å²) < 4.78 is 16.6. The predicted molar refractivity (Wildman–Crippen MR) is 54.1 cm³/mol. The number of nitrogens with zero attached hydrogens (tertiary/aromatic N) is 1. The topological polar surface area (TPSA) is 29.5 Å². The first-order chi connectivity index (χ1) is 6.30. The second-order valence-electron chi connectivity index (χ2n) is 4.44. The number of ether oxygens (including phenoxy) is 1. The molecular weight excluding hydrogens is 185 g/mol. The van der Waals surface area contributed by atoms with Gasteiger partial charge in [0.25, 0.3) is 0 Å². The molecule has 0 spiro atoms. The highest BCUT2D eigenvalue weighted by Gasteiger charge is 2.29. The molecule has 0 N–H and O–H groups in total. The standard InChI is InChI=1S/C10H20FNO2/c1-8(2)12(10(3,4)5)9(13)14-7-6-11/h8H,6-7H2,1-5H3. The summed E-state index contributed by atoms with van der Waals surface area (Å²) in [7, 11) is 0. The average Bonchev–Trinajstić information content (AvgIpc) is 1.97. The summed E-state index contributed by atoms with van der Waals surface area (Å²) in [5, 5.41) is 0. The largest absolute Gasteiger partial charge is 0.447 e. The molecule has 0 radical (unpaired) electrons. The van der Waals surface area contributed by atoms with Crippen LogP contribution in [0.2, 0.25) is 0 Å². The summed E-state index contributed by atoms with van der Waals surface area (Å²) in [5.74, 6) is 0. The Morgan fingerprint density at radius 2 is 1.93 bits per heavy atom. The van der Waals surface area contributed by atoms with Gasteiger partial charge in [-0.25, -0.2) is 9.18 Å². The van der Waals surface area contributed by atoms with Crippen molar-refractivity contribution in [3.63, 3.8) is 0 Å². The third-order valence-corrected chi connectivity index (χ3v) is 1.74. The molecule has 0 aliphatic rings. The minimum atomic E-state index is -0.637. The molecular formula is C10H20FNO2. The van der Waals surface area contributed by atoms with Crippen molar-refractivity contribution in [1.29, 1.82) is 0 Å². The van der Waals surface area contributed by atoms with Crippen LogP contribution in [0.3, 0.4) is 0 Å². The highest BCUT2D eigenvalue weighted by molar-refractivity contribution is 5.68. The molecule has 0 bridgehead atoms. The SMILES string of the molecule is CC(C)N(C(=O)OCCF)C(C)(C)C. The van der Waals surface area contributed by atoms with Crippen LogP contribution in [0.5, 0.6) is 0 Å². The molecule has 14 heavy (non-hydrogen) atoms. The van der Waals surface area contributed by atoms with Crippen LogP contribution in [0.15, 0.2) is 0 Å². The van der Waals surface area contributed by atoms with E-state index in [0.717, 1.165) is 0 Å². The summed E-state index contributed by atoms with van der Waals surface area (Å²) in [6, 6.07) is 0.0436. The second-order valence-corrected chi connectivity index (χ2v) is 4.44. The molecule has 0 atom stereocenters. The van der Waals surface area contributed by atoms with E-state index in [1.165, 1.54) is 0 Å². The number of halogens is 1. The molecule has 0 aliphatic heterocycles. The number of carbonyl (C=O) groups is 1. The summed E-state index contributed by atoms with van der Waals surface area (Å²) in [6.45, 7) is 8.76. The second kappa shape index (κ2) is 5.17. The van der Waals surface area contributed by atoms with Gasteiger partial charge in [0, 0.05) is 11.6 Å². The van der Waals surface area contributed by atoms with Crippen molar-refractivity contribution >= 4 is 6.09 Å². The summed E-state index contributed by atoms with van der Waals surface area (Å²) in [4.78, 5) is 13.1. The molecule has 3 nitrogen and oxygen atoms in total. The Kier molecular flexibility index (Phi) is 4.88. The predicted octanol–water partition coefficient (Wildman–Crippen LogP) is 2.60. The molecule has 0 aliphatic carbocycles. The maximum Gasteiger partial charge on any atom is 0.410 e. The fraction of sp³-hybridized carbons (Fsp3) is 0.900. The van der Waals surface area contributed by atoms with E-state index >= 15 is 0 Å². The van der Waals surface area contributed by atoms with Gasteiger partial charge in [0.1, 0.15) is 13.3 Å². The van der Waals surface area contributed by atoms with Gasteiger partial charge in [-0.2, -0.15) is 0 Å². The van der Waals surface area contributed by atoms with Gasteiger partial charge in [0.05, 0.1) is 0 Å². The monoisotopic (exact) mass is 205 g/mol. The van der Waals surface area contributed by atoms with Crippen LogP contribution in [0.1, 0.15) is 34.6 Å². The lowest BCUT2D eigenvalue weighted by atomic mass is 10.0.